The van der Waals surface area contributed by atoms with Gasteiger partial charge >= 0.3 is 12.5 Å². The molecular formula is C36H36ClF7N8O3. The lowest BCUT2D eigenvalue weighted by Crippen LogP contribution is -2.47. The number of benzene rings is 2. The number of carbonyl (C=O) groups excluding carboxylic acids is 2. The molecule has 1 aliphatic heterocycles. The van der Waals surface area contributed by atoms with Gasteiger partial charge in [-0.2, -0.15) is 19.0 Å². The van der Waals surface area contributed by atoms with Crippen molar-refractivity contribution in [1.82, 2.24) is 29.4 Å². The van der Waals surface area contributed by atoms with Crippen molar-refractivity contribution in [2.75, 3.05) is 6.61 Å². The Labute approximate surface area is 315 Å². The van der Waals surface area contributed by atoms with E-state index in [1.807, 2.05) is 20.8 Å². The average Bonchev–Trinajstić information content (AvgIpc) is 3.40. The van der Waals surface area contributed by atoms with Gasteiger partial charge in [0.2, 0.25) is 0 Å². The number of rotatable bonds is 13. The molecule has 0 saturated heterocycles. The summed E-state index contributed by atoms with van der Waals surface area (Å²) in [5.41, 5.74) is 3.25. The Hall–Kier alpha value is -5.00. The van der Waals surface area contributed by atoms with E-state index in [1.165, 1.54) is 6.20 Å². The fourth-order valence-corrected chi connectivity index (χ4v) is 7.06. The second-order valence-corrected chi connectivity index (χ2v) is 15.4. The molecule has 2 aliphatic rings. The quantitative estimate of drug-likeness (QED) is 0.107. The lowest BCUT2D eigenvalue weighted by atomic mass is 9.75. The third kappa shape index (κ3) is 7.64. The predicted molar refractivity (Wildman–Crippen MR) is 185 cm³/mol. The van der Waals surface area contributed by atoms with Gasteiger partial charge in [0.05, 0.1) is 24.3 Å². The van der Waals surface area contributed by atoms with Crippen LogP contribution in [0.2, 0.25) is 5.02 Å². The summed E-state index contributed by atoms with van der Waals surface area (Å²) in [6, 6.07) is 6.86. The molecule has 1 amide bonds. The Morgan fingerprint density at radius 3 is 2.27 bits per heavy atom. The largest absolute Gasteiger partial charge is 0.463 e. The first-order chi connectivity index (χ1) is 25.7. The number of aliphatic imine (C=N–C) groups is 1. The van der Waals surface area contributed by atoms with E-state index in [2.05, 4.69) is 20.2 Å². The molecule has 6 rings (SSSR count). The molecule has 1 saturated carbocycles. The summed E-state index contributed by atoms with van der Waals surface area (Å²) in [6.07, 6.45) is -0.358. The first kappa shape index (κ1) is 39.7. The SMILES string of the molecule is CC(C)(C)C[C@]1(c2ccc(-c3cnn(C(F)F)c3)cc2)N=C(N)N([C@H](COC(=O)CC2(C(C)(F)F)CC2)c2cc(F)c(Cl)c(-n3ncnc3C(F)F)c2)C1=O. The summed E-state index contributed by atoms with van der Waals surface area (Å²) in [6.45, 7) is 2.65. The maximum atomic E-state index is 15.6. The Bertz CT molecular complexity index is 2120. The molecule has 294 valence electrons. The number of esters is 1. The van der Waals surface area contributed by atoms with Crippen LogP contribution in [0.3, 0.4) is 0 Å². The average molecular weight is 797 g/mol. The molecule has 19 heteroatoms. The van der Waals surface area contributed by atoms with E-state index in [1.54, 1.807) is 24.3 Å². The van der Waals surface area contributed by atoms with Crippen LogP contribution >= 0.6 is 11.6 Å². The fourth-order valence-electron chi connectivity index (χ4n) is 6.87. The Balaban J connectivity index is 1.42. The molecule has 11 nitrogen and oxygen atoms in total. The first-order valence-electron chi connectivity index (χ1n) is 17.0. The maximum absolute atomic E-state index is 15.6. The van der Waals surface area contributed by atoms with Gasteiger partial charge in [-0.05, 0) is 60.4 Å². The highest BCUT2D eigenvalue weighted by Gasteiger charge is 2.60. The van der Waals surface area contributed by atoms with Crippen molar-refractivity contribution in [3.05, 3.63) is 82.9 Å². The topological polar surface area (TPSA) is 134 Å². The number of nitrogens with two attached hydrogens (primary N) is 1. The zero-order valence-corrected chi connectivity index (χ0v) is 30.7. The van der Waals surface area contributed by atoms with Crippen molar-refractivity contribution in [2.45, 2.75) is 83.9 Å². The Morgan fingerprint density at radius 2 is 1.71 bits per heavy atom. The molecule has 3 heterocycles. The minimum absolute atomic E-state index is 0.0518. The van der Waals surface area contributed by atoms with E-state index in [9.17, 15) is 35.9 Å². The number of carbonyl (C=O) groups is 2. The van der Waals surface area contributed by atoms with Crippen LogP contribution in [0.4, 0.5) is 30.7 Å². The summed E-state index contributed by atoms with van der Waals surface area (Å²) in [5.74, 6) is -7.34. The van der Waals surface area contributed by atoms with Crippen LogP contribution in [0.5, 0.6) is 0 Å². The predicted octanol–water partition coefficient (Wildman–Crippen LogP) is 8.15. The van der Waals surface area contributed by atoms with Crippen molar-refractivity contribution in [3.63, 3.8) is 0 Å². The minimum atomic E-state index is -3.19. The number of amides is 1. The lowest BCUT2D eigenvalue weighted by molar-refractivity contribution is -0.153. The van der Waals surface area contributed by atoms with Crippen molar-refractivity contribution < 1.29 is 45.1 Å². The molecule has 0 bridgehead atoms. The van der Waals surface area contributed by atoms with Crippen molar-refractivity contribution >= 4 is 29.4 Å². The zero-order valence-electron chi connectivity index (χ0n) is 29.9. The molecule has 0 radical (unpaired) electrons. The van der Waals surface area contributed by atoms with Crippen LogP contribution in [0.1, 0.15) is 89.3 Å². The number of ether oxygens (including phenoxy) is 1. The van der Waals surface area contributed by atoms with Crippen molar-refractivity contribution in [1.29, 1.82) is 0 Å². The molecular weight excluding hydrogens is 761 g/mol. The van der Waals surface area contributed by atoms with Gasteiger partial charge in [-0.25, -0.2) is 41.3 Å². The first-order valence-corrected chi connectivity index (χ1v) is 17.4. The second kappa shape index (κ2) is 14.3. The summed E-state index contributed by atoms with van der Waals surface area (Å²) < 4.78 is 105. The molecule has 2 atom stereocenters. The van der Waals surface area contributed by atoms with E-state index in [4.69, 9.17) is 22.1 Å². The summed E-state index contributed by atoms with van der Waals surface area (Å²) in [7, 11) is 0. The molecule has 2 aromatic carbocycles. The number of alkyl halides is 6. The van der Waals surface area contributed by atoms with Crippen molar-refractivity contribution in [3.8, 4) is 16.8 Å². The molecule has 2 aromatic heterocycles. The lowest BCUT2D eigenvalue weighted by Gasteiger charge is -2.35. The third-order valence-corrected chi connectivity index (χ3v) is 10.2. The van der Waals surface area contributed by atoms with E-state index in [0.717, 1.165) is 29.6 Å². The van der Waals surface area contributed by atoms with Crippen LogP contribution in [-0.2, 0) is 19.9 Å². The van der Waals surface area contributed by atoms with Gasteiger partial charge in [0, 0.05) is 17.2 Å². The highest BCUT2D eigenvalue weighted by Crippen LogP contribution is 2.59. The van der Waals surface area contributed by atoms with Gasteiger partial charge in [-0.1, -0.05) is 56.6 Å². The molecule has 2 N–H and O–H groups in total. The van der Waals surface area contributed by atoms with Crippen LogP contribution in [0.25, 0.3) is 16.8 Å². The third-order valence-electron chi connectivity index (χ3n) is 9.80. The van der Waals surface area contributed by atoms with Crippen LogP contribution in [-0.4, -0.2) is 59.8 Å². The van der Waals surface area contributed by atoms with Crippen LogP contribution < -0.4 is 5.73 Å². The van der Waals surface area contributed by atoms with Gasteiger partial charge in [-0.15, -0.1) is 0 Å². The van der Waals surface area contributed by atoms with Gasteiger partial charge in [0.15, 0.2) is 17.3 Å². The van der Waals surface area contributed by atoms with E-state index < -0.39 is 88.6 Å². The smallest absolute Gasteiger partial charge is 0.333 e. The summed E-state index contributed by atoms with van der Waals surface area (Å²) >= 11 is 6.24. The molecule has 55 heavy (non-hydrogen) atoms. The monoisotopic (exact) mass is 796 g/mol. The number of aromatic nitrogens is 5. The highest BCUT2D eigenvalue weighted by molar-refractivity contribution is 6.32. The zero-order chi connectivity index (χ0) is 40.2. The Morgan fingerprint density at radius 1 is 1.04 bits per heavy atom. The highest BCUT2D eigenvalue weighted by atomic mass is 35.5. The molecule has 1 aliphatic carbocycles. The van der Waals surface area contributed by atoms with Crippen LogP contribution in [0, 0.1) is 16.6 Å². The summed E-state index contributed by atoms with van der Waals surface area (Å²) in [4.78, 5) is 37.2. The van der Waals surface area contributed by atoms with E-state index in [-0.39, 0.29) is 30.8 Å². The number of guanidine groups is 1. The fraction of sp³-hybridized carbons (Fsp3) is 0.444. The Kier molecular flexibility index (Phi) is 10.3. The van der Waals surface area contributed by atoms with Gasteiger partial charge in [-0.3, -0.25) is 14.5 Å². The van der Waals surface area contributed by atoms with Gasteiger partial charge in [0.1, 0.15) is 23.8 Å². The molecule has 4 aromatic rings. The number of hydrogen-bond acceptors (Lipinski definition) is 8. The standard InChI is InChI=1S/C36H36ClF7N8O3/c1-33(2,3)17-36(22-7-5-19(6-8-22)21-14-47-50(15-21)31(41)42)30(54)51(32(45)49-36)25(16-55-26(53)13-35(9-10-35)34(4,43)44)20-11-23(38)27(37)24(12-20)52-29(28(39)40)46-18-48-52/h5-8,11-12,14-15,18,25,28,31H,9-10,13,16-17H2,1-4H3,(H2,45,49)/t25-,36-/m1/s1. The second-order valence-electron chi connectivity index (χ2n) is 15.0. The van der Waals surface area contributed by atoms with Gasteiger partial charge in [0.25, 0.3) is 18.3 Å². The van der Waals surface area contributed by atoms with Gasteiger partial charge < -0.3 is 10.5 Å². The normalized spacial score (nSPS) is 19.0. The number of halogens is 8. The molecule has 1 fully saturated rings. The van der Waals surface area contributed by atoms with Crippen molar-refractivity contribution in [2.24, 2.45) is 21.6 Å². The molecule has 0 spiro atoms. The minimum Gasteiger partial charge on any atom is -0.463 e. The number of nitrogens with zero attached hydrogens (tertiary/aromatic N) is 7. The maximum Gasteiger partial charge on any atom is 0.333 e. The van der Waals surface area contributed by atoms with E-state index in [0.29, 0.717) is 33.0 Å². The number of hydrogen-bond donors (Lipinski definition) is 1. The van der Waals surface area contributed by atoms with E-state index >= 15 is 4.39 Å². The van der Waals surface area contributed by atoms with Crippen LogP contribution in [0.15, 0.2) is 60.1 Å². The summed E-state index contributed by atoms with van der Waals surface area (Å²) in [5, 5.41) is 6.81. The molecule has 0 unspecified atom stereocenters.